The number of halogens is 2. The number of nitrogens with one attached hydrogen (secondary N) is 1. The molecule has 0 fully saturated rings. The fourth-order valence-electron chi connectivity index (χ4n) is 3.52. The Morgan fingerprint density at radius 1 is 0.933 bits per heavy atom. The Morgan fingerprint density at radius 3 is 2.33 bits per heavy atom. The molecule has 30 heavy (non-hydrogen) atoms. The second kappa shape index (κ2) is 7.87. The maximum Gasteiger partial charge on any atom is 0.264 e. The van der Waals surface area contributed by atoms with Crippen molar-refractivity contribution in [3.8, 4) is 0 Å². The molecule has 0 radical (unpaired) electrons. The number of benzene rings is 3. The molecule has 1 amide bonds. The summed E-state index contributed by atoms with van der Waals surface area (Å²) in [5.41, 5.74) is 0.927. The number of sulfonamides is 1. The third kappa shape index (κ3) is 3.66. The van der Waals surface area contributed by atoms with Gasteiger partial charge in [-0.1, -0.05) is 24.3 Å². The van der Waals surface area contributed by atoms with E-state index in [0.717, 1.165) is 17.7 Å². The van der Waals surface area contributed by atoms with Crippen molar-refractivity contribution in [1.29, 1.82) is 0 Å². The van der Waals surface area contributed by atoms with E-state index in [1.807, 2.05) is 0 Å². The van der Waals surface area contributed by atoms with Crippen molar-refractivity contribution in [1.82, 2.24) is 0 Å². The first-order chi connectivity index (χ1) is 14.4. The summed E-state index contributed by atoms with van der Waals surface area (Å²) in [4.78, 5) is 12.5. The topological polar surface area (TPSA) is 66.5 Å². The first-order valence-corrected chi connectivity index (χ1v) is 10.8. The van der Waals surface area contributed by atoms with Crippen molar-refractivity contribution < 1.29 is 22.0 Å². The number of amides is 1. The van der Waals surface area contributed by atoms with Crippen LogP contribution in [0.1, 0.15) is 22.3 Å². The van der Waals surface area contributed by atoms with Crippen LogP contribution in [0.3, 0.4) is 0 Å². The highest BCUT2D eigenvalue weighted by atomic mass is 32.2. The molecule has 154 valence electrons. The van der Waals surface area contributed by atoms with Crippen LogP contribution in [0.2, 0.25) is 0 Å². The van der Waals surface area contributed by atoms with Gasteiger partial charge in [-0.15, -0.1) is 0 Å². The van der Waals surface area contributed by atoms with E-state index in [1.165, 1.54) is 16.4 Å². The molecule has 1 aliphatic rings. The number of fused-ring (bicyclic) bond motifs is 1. The zero-order valence-corrected chi connectivity index (χ0v) is 16.6. The SMILES string of the molecule is O=C(Nc1ccc2c(c1)CCCN2S(=O)(=O)c1ccccc1)c1c(F)cccc1F. The molecule has 0 saturated heterocycles. The van der Waals surface area contributed by atoms with Gasteiger partial charge in [0, 0.05) is 12.2 Å². The second-order valence-corrected chi connectivity index (χ2v) is 8.75. The fraction of sp³-hybridized carbons (Fsp3) is 0.136. The third-order valence-corrected chi connectivity index (χ3v) is 6.76. The van der Waals surface area contributed by atoms with Gasteiger partial charge in [-0.05, 0) is 60.9 Å². The highest BCUT2D eigenvalue weighted by Crippen LogP contribution is 2.34. The highest BCUT2D eigenvalue weighted by molar-refractivity contribution is 7.92. The molecule has 0 atom stereocenters. The lowest BCUT2D eigenvalue weighted by Crippen LogP contribution is -2.35. The van der Waals surface area contributed by atoms with Crippen LogP contribution in [0.4, 0.5) is 20.2 Å². The molecule has 0 aromatic heterocycles. The predicted octanol–water partition coefficient (Wildman–Crippen LogP) is 4.36. The van der Waals surface area contributed by atoms with Crippen LogP contribution in [-0.2, 0) is 16.4 Å². The molecule has 0 spiro atoms. The van der Waals surface area contributed by atoms with Crippen molar-refractivity contribution in [2.24, 2.45) is 0 Å². The van der Waals surface area contributed by atoms with Gasteiger partial charge in [0.05, 0.1) is 10.6 Å². The molecule has 0 aliphatic carbocycles. The molecular weight excluding hydrogens is 410 g/mol. The minimum Gasteiger partial charge on any atom is -0.322 e. The number of hydrogen-bond acceptors (Lipinski definition) is 3. The Labute approximate surface area is 173 Å². The summed E-state index contributed by atoms with van der Waals surface area (Å²) in [6.07, 6.45) is 1.23. The van der Waals surface area contributed by atoms with Crippen molar-refractivity contribution in [2.75, 3.05) is 16.2 Å². The first kappa shape index (κ1) is 20.0. The molecule has 1 heterocycles. The minimum atomic E-state index is -3.72. The molecule has 3 aromatic carbocycles. The summed E-state index contributed by atoms with van der Waals surface area (Å²) >= 11 is 0. The van der Waals surface area contributed by atoms with Crippen LogP contribution >= 0.6 is 0 Å². The average molecular weight is 428 g/mol. The standard InChI is InChI=1S/C22H18F2N2O3S/c23-18-9-4-10-19(24)21(18)22(27)25-16-11-12-20-15(14-16)6-5-13-26(20)30(28,29)17-7-2-1-3-8-17/h1-4,7-12,14H,5-6,13H2,(H,25,27). The molecule has 3 aromatic rings. The number of rotatable bonds is 4. The summed E-state index contributed by atoms with van der Waals surface area (Å²) in [5, 5.41) is 2.49. The monoisotopic (exact) mass is 428 g/mol. The Hall–Kier alpha value is -3.26. The van der Waals surface area contributed by atoms with Gasteiger partial charge in [0.25, 0.3) is 15.9 Å². The molecular formula is C22H18F2N2O3S. The number of aryl methyl sites for hydroxylation is 1. The maximum absolute atomic E-state index is 13.8. The van der Waals surface area contributed by atoms with Crippen molar-refractivity contribution >= 4 is 27.3 Å². The van der Waals surface area contributed by atoms with Crippen LogP contribution < -0.4 is 9.62 Å². The Morgan fingerprint density at radius 2 is 1.63 bits per heavy atom. The van der Waals surface area contributed by atoms with Gasteiger partial charge in [-0.3, -0.25) is 9.10 Å². The zero-order chi connectivity index (χ0) is 21.3. The third-order valence-electron chi connectivity index (χ3n) is 4.93. The van der Waals surface area contributed by atoms with Crippen LogP contribution in [0.5, 0.6) is 0 Å². The van der Waals surface area contributed by atoms with E-state index >= 15 is 0 Å². The smallest absolute Gasteiger partial charge is 0.264 e. The normalized spacial score (nSPS) is 13.6. The minimum absolute atomic E-state index is 0.199. The molecule has 5 nitrogen and oxygen atoms in total. The molecule has 0 saturated carbocycles. The molecule has 1 aliphatic heterocycles. The summed E-state index contributed by atoms with van der Waals surface area (Å²) in [6.45, 7) is 0.344. The van der Waals surface area contributed by atoms with Gasteiger partial charge < -0.3 is 5.32 Å². The van der Waals surface area contributed by atoms with E-state index in [2.05, 4.69) is 5.32 Å². The van der Waals surface area contributed by atoms with Gasteiger partial charge in [0.1, 0.15) is 17.2 Å². The van der Waals surface area contributed by atoms with E-state index in [4.69, 9.17) is 0 Å². The quantitative estimate of drug-likeness (QED) is 0.672. The highest BCUT2D eigenvalue weighted by Gasteiger charge is 2.29. The second-order valence-electron chi connectivity index (χ2n) is 6.89. The van der Waals surface area contributed by atoms with Crippen LogP contribution in [-0.4, -0.2) is 20.9 Å². The van der Waals surface area contributed by atoms with Crippen LogP contribution in [0, 0.1) is 11.6 Å². The maximum atomic E-state index is 13.8. The van der Waals surface area contributed by atoms with E-state index < -0.39 is 33.1 Å². The summed E-state index contributed by atoms with van der Waals surface area (Å²) in [7, 11) is -3.72. The van der Waals surface area contributed by atoms with E-state index in [-0.39, 0.29) is 4.90 Å². The molecule has 4 rings (SSSR count). The van der Waals surface area contributed by atoms with Gasteiger partial charge in [-0.2, -0.15) is 0 Å². The van der Waals surface area contributed by atoms with E-state index in [0.29, 0.717) is 30.8 Å². The predicted molar refractivity (Wildman–Crippen MR) is 110 cm³/mol. The Bertz CT molecular complexity index is 1190. The largest absolute Gasteiger partial charge is 0.322 e. The lowest BCUT2D eigenvalue weighted by atomic mass is 10.0. The van der Waals surface area contributed by atoms with Crippen molar-refractivity contribution in [2.45, 2.75) is 17.7 Å². The summed E-state index contributed by atoms with van der Waals surface area (Å²) in [5.74, 6) is -2.81. The van der Waals surface area contributed by atoms with Crippen LogP contribution in [0.25, 0.3) is 0 Å². The number of anilines is 2. The summed E-state index contributed by atoms with van der Waals surface area (Å²) in [6, 6.07) is 16.1. The molecule has 0 unspecified atom stereocenters. The average Bonchev–Trinajstić information content (AvgIpc) is 2.73. The van der Waals surface area contributed by atoms with E-state index in [9.17, 15) is 22.0 Å². The Balaban J connectivity index is 1.63. The van der Waals surface area contributed by atoms with Gasteiger partial charge in [0.2, 0.25) is 0 Å². The van der Waals surface area contributed by atoms with Crippen molar-refractivity contribution in [3.63, 3.8) is 0 Å². The van der Waals surface area contributed by atoms with Gasteiger partial charge >= 0.3 is 0 Å². The Kier molecular flexibility index (Phi) is 5.26. The fourth-order valence-corrected chi connectivity index (χ4v) is 5.08. The van der Waals surface area contributed by atoms with Gasteiger partial charge in [0.15, 0.2) is 0 Å². The number of nitrogens with zero attached hydrogens (tertiary/aromatic N) is 1. The molecule has 8 heteroatoms. The number of carbonyl (C=O) groups is 1. The lowest BCUT2D eigenvalue weighted by molar-refractivity contribution is 0.101. The van der Waals surface area contributed by atoms with Crippen LogP contribution in [0.15, 0.2) is 71.6 Å². The molecule has 0 bridgehead atoms. The summed E-state index contributed by atoms with van der Waals surface area (Å²) < 4.78 is 55.1. The number of hydrogen-bond donors (Lipinski definition) is 1. The molecule has 1 N–H and O–H groups in total. The zero-order valence-electron chi connectivity index (χ0n) is 15.8. The number of carbonyl (C=O) groups excluding carboxylic acids is 1. The van der Waals surface area contributed by atoms with E-state index in [1.54, 1.807) is 42.5 Å². The van der Waals surface area contributed by atoms with Gasteiger partial charge in [-0.25, -0.2) is 17.2 Å². The van der Waals surface area contributed by atoms with Crippen molar-refractivity contribution in [3.05, 3.63) is 89.5 Å². The first-order valence-electron chi connectivity index (χ1n) is 9.34. The lowest BCUT2D eigenvalue weighted by Gasteiger charge is -2.31.